The van der Waals surface area contributed by atoms with Crippen molar-refractivity contribution in [1.82, 2.24) is 15.2 Å². The zero-order chi connectivity index (χ0) is 17.4. The first kappa shape index (κ1) is 15.6. The van der Waals surface area contributed by atoms with Gasteiger partial charge in [-0.15, -0.1) is 0 Å². The van der Waals surface area contributed by atoms with E-state index >= 15 is 0 Å². The molecule has 0 bridgehead atoms. The standard InChI is InChI=1S/C22H23N3O/c1-3-7-16(8-4-1)22(17-9-5-2-6-10-17)12-11-18-19(13-22)24-25-21(18)20-14-26-15-23-20/h1,3-4,7-8,11-12,14-15,17H,2,5-6,9-10,13H2,(H,24,25). The summed E-state index contributed by atoms with van der Waals surface area (Å²) in [7, 11) is 0. The van der Waals surface area contributed by atoms with Crippen molar-refractivity contribution in [1.29, 1.82) is 0 Å². The highest BCUT2D eigenvalue weighted by atomic mass is 16.3. The predicted octanol–water partition coefficient (Wildman–Crippen LogP) is 5.15. The molecule has 1 aromatic carbocycles. The van der Waals surface area contributed by atoms with Crippen LogP contribution in [-0.4, -0.2) is 15.2 Å². The second-order valence-corrected chi connectivity index (χ2v) is 7.59. The first-order chi connectivity index (χ1) is 12.9. The van der Waals surface area contributed by atoms with Gasteiger partial charge in [-0.1, -0.05) is 61.7 Å². The molecule has 1 N–H and O–H groups in total. The van der Waals surface area contributed by atoms with Crippen LogP contribution >= 0.6 is 0 Å². The maximum Gasteiger partial charge on any atom is 0.181 e. The maximum atomic E-state index is 5.15. The highest BCUT2D eigenvalue weighted by Crippen LogP contribution is 2.47. The number of H-pyrrole nitrogens is 1. The van der Waals surface area contributed by atoms with Gasteiger partial charge in [-0.05, 0) is 24.3 Å². The molecule has 1 saturated carbocycles. The van der Waals surface area contributed by atoms with E-state index in [9.17, 15) is 0 Å². The Morgan fingerprint density at radius 1 is 1.08 bits per heavy atom. The minimum Gasteiger partial charge on any atom is -0.451 e. The molecule has 2 heterocycles. The number of allylic oxidation sites excluding steroid dienone is 1. The molecule has 5 rings (SSSR count). The van der Waals surface area contributed by atoms with Gasteiger partial charge in [-0.25, -0.2) is 4.98 Å². The number of fused-ring (bicyclic) bond motifs is 1. The van der Waals surface area contributed by atoms with E-state index in [2.05, 4.69) is 57.7 Å². The first-order valence-electron chi connectivity index (χ1n) is 9.57. The molecule has 1 unspecified atom stereocenters. The Bertz CT molecular complexity index is 904. The van der Waals surface area contributed by atoms with E-state index in [0.717, 1.165) is 23.4 Å². The maximum absolute atomic E-state index is 5.15. The summed E-state index contributed by atoms with van der Waals surface area (Å²) in [6, 6.07) is 11.0. The Kier molecular flexibility index (Phi) is 3.77. The van der Waals surface area contributed by atoms with Gasteiger partial charge in [-0.3, -0.25) is 5.10 Å². The first-order valence-corrected chi connectivity index (χ1v) is 9.57. The van der Waals surface area contributed by atoms with Crippen LogP contribution < -0.4 is 0 Å². The molecule has 2 aromatic heterocycles. The van der Waals surface area contributed by atoms with E-state index < -0.39 is 0 Å². The highest BCUT2D eigenvalue weighted by molar-refractivity contribution is 5.73. The number of aromatic amines is 1. The monoisotopic (exact) mass is 345 g/mol. The third kappa shape index (κ3) is 2.44. The van der Waals surface area contributed by atoms with Crippen LogP contribution in [0.25, 0.3) is 17.5 Å². The fraction of sp³-hybridized carbons (Fsp3) is 0.364. The molecule has 0 amide bonds. The van der Waals surface area contributed by atoms with Crippen molar-refractivity contribution >= 4 is 6.08 Å². The summed E-state index contributed by atoms with van der Waals surface area (Å²) >= 11 is 0. The van der Waals surface area contributed by atoms with E-state index in [1.54, 1.807) is 6.26 Å². The van der Waals surface area contributed by atoms with Gasteiger partial charge in [0.05, 0.1) is 0 Å². The number of hydrogen-bond donors (Lipinski definition) is 1. The van der Waals surface area contributed by atoms with Crippen LogP contribution in [0.2, 0.25) is 0 Å². The number of oxazole rings is 1. The molecule has 4 nitrogen and oxygen atoms in total. The molecule has 3 aromatic rings. The van der Waals surface area contributed by atoms with Crippen LogP contribution in [0.1, 0.15) is 48.9 Å². The van der Waals surface area contributed by atoms with Crippen molar-refractivity contribution in [2.75, 3.05) is 0 Å². The van der Waals surface area contributed by atoms with Crippen LogP contribution in [0, 0.1) is 5.92 Å². The Labute approximate surface area is 153 Å². The lowest BCUT2D eigenvalue weighted by atomic mass is 9.61. The molecular weight excluding hydrogens is 322 g/mol. The van der Waals surface area contributed by atoms with Crippen molar-refractivity contribution < 1.29 is 4.42 Å². The molecule has 2 aliphatic rings. The second-order valence-electron chi connectivity index (χ2n) is 7.59. The Morgan fingerprint density at radius 2 is 1.92 bits per heavy atom. The van der Waals surface area contributed by atoms with Crippen molar-refractivity contribution in [3.05, 3.63) is 65.9 Å². The number of hydrogen-bond acceptors (Lipinski definition) is 3. The van der Waals surface area contributed by atoms with Crippen LogP contribution in [0.4, 0.5) is 0 Å². The molecule has 4 heteroatoms. The van der Waals surface area contributed by atoms with Crippen LogP contribution in [-0.2, 0) is 11.8 Å². The average Bonchev–Trinajstić information content (AvgIpc) is 3.38. The largest absolute Gasteiger partial charge is 0.451 e. The molecule has 0 radical (unpaired) electrons. The van der Waals surface area contributed by atoms with Crippen molar-refractivity contribution in [2.24, 2.45) is 5.92 Å². The molecule has 2 aliphatic carbocycles. The topological polar surface area (TPSA) is 54.7 Å². The molecule has 0 aliphatic heterocycles. The second kappa shape index (κ2) is 6.27. The average molecular weight is 345 g/mol. The van der Waals surface area contributed by atoms with E-state index in [1.165, 1.54) is 49.8 Å². The number of aromatic nitrogens is 3. The Hall–Kier alpha value is -2.62. The normalized spacial score (nSPS) is 23.1. The quantitative estimate of drug-likeness (QED) is 0.714. The van der Waals surface area contributed by atoms with E-state index in [0.29, 0.717) is 5.92 Å². The number of nitrogens with zero attached hydrogens (tertiary/aromatic N) is 2. The van der Waals surface area contributed by atoms with Gasteiger partial charge in [0.1, 0.15) is 17.7 Å². The summed E-state index contributed by atoms with van der Waals surface area (Å²) in [5.74, 6) is 0.682. The van der Waals surface area contributed by atoms with Crippen molar-refractivity contribution in [2.45, 2.75) is 43.9 Å². The van der Waals surface area contributed by atoms with Gasteiger partial charge in [0.15, 0.2) is 6.39 Å². The SMILES string of the molecule is C1=CC(c2ccccc2)(C2CCCCC2)Cc2[nH]nc(-c3cocn3)c21. The third-order valence-corrected chi connectivity index (χ3v) is 6.22. The molecule has 0 spiro atoms. The van der Waals surface area contributed by atoms with Crippen LogP contribution in [0.15, 0.2) is 53.5 Å². The van der Waals surface area contributed by atoms with E-state index in [1.807, 2.05) is 0 Å². The van der Waals surface area contributed by atoms with Crippen molar-refractivity contribution in [3.8, 4) is 11.4 Å². The Morgan fingerprint density at radius 3 is 2.69 bits per heavy atom. The lowest BCUT2D eigenvalue weighted by Crippen LogP contribution is -2.38. The summed E-state index contributed by atoms with van der Waals surface area (Å²) in [5.41, 5.74) is 5.52. The fourth-order valence-corrected chi connectivity index (χ4v) is 4.89. The predicted molar refractivity (Wildman–Crippen MR) is 102 cm³/mol. The van der Waals surface area contributed by atoms with Crippen LogP contribution in [0.5, 0.6) is 0 Å². The summed E-state index contributed by atoms with van der Waals surface area (Å²) in [5, 5.41) is 7.84. The minimum atomic E-state index is 0.0578. The lowest BCUT2D eigenvalue weighted by molar-refractivity contribution is 0.241. The molecule has 26 heavy (non-hydrogen) atoms. The van der Waals surface area contributed by atoms with Gasteiger partial charge in [0.25, 0.3) is 0 Å². The molecular formula is C22H23N3O. The van der Waals surface area contributed by atoms with Crippen LogP contribution in [0.3, 0.4) is 0 Å². The summed E-state index contributed by atoms with van der Waals surface area (Å²) in [6.07, 6.45) is 15.4. The van der Waals surface area contributed by atoms with E-state index in [-0.39, 0.29) is 5.41 Å². The third-order valence-electron chi connectivity index (χ3n) is 6.22. The number of nitrogens with one attached hydrogen (secondary N) is 1. The summed E-state index contributed by atoms with van der Waals surface area (Å²) < 4.78 is 5.15. The lowest BCUT2D eigenvalue weighted by Gasteiger charge is -2.43. The summed E-state index contributed by atoms with van der Waals surface area (Å²) in [6.45, 7) is 0. The van der Waals surface area contributed by atoms with Gasteiger partial charge in [0, 0.05) is 23.1 Å². The smallest absolute Gasteiger partial charge is 0.181 e. The Balaban J connectivity index is 1.59. The molecule has 1 atom stereocenters. The van der Waals surface area contributed by atoms with E-state index in [4.69, 9.17) is 4.42 Å². The summed E-state index contributed by atoms with van der Waals surface area (Å²) in [4.78, 5) is 4.27. The van der Waals surface area contributed by atoms with Gasteiger partial charge < -0.3 is 4.42 Å². The molecule has 0 saturated heterocycles. The number of benzene rings is 1. The number of rotatable bonds is 3. The minimum absolute atomic E-state index is 0.0578. The fourth-order valence-electron chi connectivity index (χ4n) is 4.89. The molecule has 132 valence electrons. The van der Waals surface area contributed by atoms with Gasteiger partial charge >= 0.3 is 0 Å². The zero-order valence-corrected chi connectivity index (χ0v) is 14.8. The van der Waals surface area contributed by atoms with Gasteiger partial charge in [-0.2, -0.15) is 5.10 Å². The molecule has 1 fully saturated rings. The highest BCUT2D eigenvalue weighted by Gasteiger charge is 2.41. The van der Waals surface area contributed by atoms with Gasteiger partial charge in [0.2, 0.25) is 0 Å². The van der Waals surface area contributed by atoms with Crippen molar-refractivity contribution in [3.63, 3.8) is 0 Å². The zero-order valence-electron chi connectivity index (χ0n) is 14.8.